The van der Waals surface area contributed by atoms with Crippen molar-refractivity contribution in [2.24, 2.45) is 0 Å². The largest absolute Gasteiger partial charge is 0.360 e. The summed E-state index contributed by atoms with van der Waals surface area (Å²) in [4.78, 5) is 4.25. The third-order valence-electron chi connectivity index (χ3n) is 2.76. The van der Waals surface area contributed by atoms with Crippen molar-refractivity contribution in [2.75, 3.05) is 0 Å². The van der Waals surface area contributed by atoms with Gasteiger partial charge >= 0.3 is 0 Å². The maximum absolute atomic E-state index is 12.0. The van der Waals surface area contributed by atoms with Crippen molar-refractivity contribution in [1.29, 1.82) is 0 Å². The van der Waals surface area contributed by atoms with E-state index in [4.69, 9.17) is 9.05 Å². The molecular weight excluding hydrogens is 290 g/mol. The zero-order valence-corrected chi connectivity index (χ0v) is 12.2. The average molecular weight is 303 g/mol. The normalized spacial score (nSPS) is 12.4. The molecule has 1 atom stereocenters. The van der Waals surface area contributed by atoms with Crippen LogP contribution < -0.4 is 0 Å². The molecule has 7 heteroatoms. The molecule has 0 radical (unpaired) electrons. The van der Waals surface area contributed by atoms with Gasteiger partial charge in [-0.1, -0.05) is 28.5 Å². The van der Waals surface area contributed by atoms with Gasteiger partial charge in [0.15, 0.2) is 5.82 Å². The van der Waals surface area contributed by atoms with E-state index in [0.29, 0.717) is 17.5 Å². The van der Waals surface area contributed by atoms with E-state index in [1.54, 1.807) is 6.07 Å². The molecule has 21 heavy (non-hydrogen) atoms. The molecular formula is C14H13N3O3S. The molecule has 0 aliphatic carbocycles. The summed E-state index contributed by atoms with van der Waals surface area (Å²) >= 11 is 0. The van der Waals surface area contributed by atoms with Crippen LogP contribution in [-0.4, -0.2) is 19.5 Å². The Morgan fingerprint density at radius 2 is 1.90 bits per heavy atom. The van der Waals surface area contributed by atoms with Crippen LogP contribution in [0.5, 0.6) is 0 Å². The first kappa shape index (κ1) is 13.7. The van der Waals surface area contributed by atoms with Crippen LogP contribution in [0.1, 0.15) is 17.3 Å². The van der Waals surface area contributed by atoms with Gasteiger partial charge in [0, 0.05) is 22.4 Å². The van der Waals surface area contributed by atoms with Gasteiger partial charge in [0.25, 0.3) is 5.89 Å². The summed E-state index contributed by atoms with van der Waals surface area (Å²) in [6, 6.07) is 11.2. The lowest BCUT2D eigenvalue weighted by molar-refractivity contribution is 0.390. The van der Waals surface area contributed by atoms with Gasteiger partial charge in [0.1, 0.15) is 5.76 Å². The van der Waals surface area contributed by atoms with Gasteiger partial charge in [-0.3, -0.25) is 4.21 Å². The first-order chi connectivity index (χ1) is 10.2. The van der Waals surface area contributed by atoms with E-state index < -0.39 is 10.8 Å². The molecule has 0 aliphatic rings. The van der Waals surface area contributed by atoms with Crippen molar-refractivity contribution in [3.8, 4) is 11.5 Å². The maximum atomic E-state index is 12.0. The van der Waals surface area contributed by atoms with E-state index in [2.05, 4.69) is 15.3 Å². The molecule has 0 spiro atoms. The fraction of sp³-hybridized carbons (Fsp3) is 0.214. The Balaban J connectivity index is 1.66. The Hall–Kier alpha value is -2.28. The van der Waals surface area contributed by atoms with E-state index in [0.717, 1.165) is 11.3 Å². The van der Waals surface area contributed by atoms with E-state index in [9.17, 15) is 4.21 Å². The van der Waals surface area contributed by atoms with Crippen molar-refractivity contribution >= 4 is 10.8 Å². The summed E-state index contributed by atoms with van der Waals surface area (Å²) in [5.41, 5.74) is 1.61. The summed E-state index contributed by atoms with van der Waals surface area (Å²) in [5.74, 6) is 1.95. The number of rotatable bonds is 5. The number of benzene rings is 1. The Labute approximate surface area is 123 Å². The third kappa shape index (κ3) is 3.43. The minimum atomic E-state index is -1.17. The molecule has 0 saturated carbocycles. The van der Waals surface area contributed by atoms with Gasteiger partial charge in [-0.15, -0.1) is 0 Å². The molecule has 0 aliphatic heterocycles. The molecule has 3 rings (SSSR count). The minimum Gasteiger partial charge on any atom is -0.360 e. The Morgan fingerprint density at radius 1 is 1.10 bits per heavy atom. The lowest BCUT2D eigenvalue weighted by Crippen LogP contribution is -2.00. The summed E-state index contributed by atoms with van der Waals surface area (Å²) in [7, 11) is -1.17. The molecule has 1 unspecified atom stereocenters. The molecule has 1 aromatic carbocycles. The molecule has 2 aromatic heterocycles. The lowest BCUT2D eigenvalue weighted by atomic mass is 10.2. The fourth-order valence-electron chi connectivity index (χ4n) is 1.85. The summed E-state index contributed by atoms with van der Waals surface area (Å²) < 4.78 is 22.3. The predicted octanol–water partition coefficient (Wildman–Crippen LogP) is 2.48. The smallest absolute Gasteiger partial charge is 0.257 e. The fourth-order valence-corrected chi connectivity index (χ4v) is 2.81. The van der Waals surface area contributed by atoms with Crippen LogP contribution in [0, 0.1) is 6.92 Å². The number of hydrogen-bond donors (Lipinski definition) is 0. The second-order valence-corrected chi connectivity index (χ2v) is 6.00. The molecule has 0 fully saturated rings. The van der Waals surface area contributed by atoms with Crippen molar-refractivity contribution in [3.63, 3.8) is 0 Å². The van der Waals surface area contributed by atoms with Crippen molar-refractivity contribution in [2.45, 2.75) is 18.4 Å². The van der Waals surface area contributed by atoms with Crippen LogP contribution in [0.25, 0.3) is 11.5 Å². The van der Waals surface area contributed by atoms with Gasteiger partial charge in [-0.25, -0.2) is 0 Å². The van der Waals surface area contributed by atoms with Crippen molar-refractivity contribution in [1.82, 2.24) is 15.3 Å². The van der Waals surface area contributed by atoms with E-state index in [1.807, 2.05) is 37.3 Å². The summed E-state index contributed by atoms with van der Waals surface area (Å²) in [6.45, 7) is 1.82. The zero-order chi connectivity index (χ0) is 14.7. The van der Waals surface area contributed by atoms with Crippen LogP contribution in [0.3, 0.4) is 0 Å². The van der Waals surface area contributed by atoms with Gasteiger partial charge in [0.2, 0.25) is 0 Å². The van der Waals surface area contributed by atoms with E-state index in [-0.39, 0.29) is 11.5 Å². The molecule has 0 N–H and O–H groups in total. The number of aryl methyl sites for hydroxylation is 1. The Kier molecular flexibility index (Phi) is 3.92. The highest BCUT2D eigenvalue weighted by Gasteiger charge is 2.13. The van der Waals surface area contributed by atoms with Crippen molar-refractivity contribution < 1.29 is 13.3 Å². The van der Waals surface area contributed by atoms with Crippen LogP contribution >= 0.6 is 0 Å². The van der Waals surface area contributed by atoms with Crippen LogP contribution in [0.15, 0.2) is 45.4 Å². The standard InChI is InChI=1S/C14H13N3O3S/c1-10-7-12(19-16-10)8-21(18)9-13-15-14(20-17-13)11-5-3-2-4-6-11/h2-7H,8-9H2,1H3. The zero-order valence-electron chi connectivity index (χ0n) is 11.4. The molecule has 0 amide bonds. The van der Waals surface area contributed by atoms with Gasteiger partial charge in [-0.05, 0) is 19.1 Å². The molecule has 3 aromatic rings. The SMILES string of the molecule is Cc1cc(CS(=O)Cc2noc(-c3ccccc3)n2)on1. The van der Waals surface area contributed by atoms with Crippen molar-refractivity contribution in [3.05, 3.63) is 53.7 Å². The second-order valence-electron chi connectivity index (χ2n) is 4.54. The first-order valence-corrected chi connectivity index (χ1v) is 7.85. The maximum Gasteiger partial charge on any atom is 0.257 e. The molecule has 2 heterocycles. The lowest BCUT2D eigenvalue weighted by Gasteiger charge is -1.94. The molecule has 108 valence electrons. The predicted molar refractivity (Wildman–Crippen MR) is 76.5 cm³/mol. The van der Waals surface area contributed by atoms with E-state index >= 15 is 0 Å². The number of hydrogen-bond acceptors (Lipinski definition) is 6. The quantitative estimate of drug-likeness (QED) is 0.720. The highest BCUT2D eigenvalue weighted by Crippen LogP contribution is 2.17. The molecule has 0 bridgehead atoms. The van der Waals surface area contributed by atoms with Crippen LogP contribution in [0.2, 0.25) is 0 Å². The minimum absolute atomic E-state index is 0.218. The number of nitrogens with zero attached hydrogens (tertiary/aromatic N) is 3. The Morgan fingerprint density at radius 3 is 2.62 bits per heavy atom. The van der Waals surface area contributed by atoms with Crippen LogP contribution in [0.4, 0.5) is 0 Å². The second kappa shape index (κ2) is 6.01. The topological polar surface area (TPSA) is 82.0 Å². The molecule has 0 saturated heterocycles. The summed E-state index contributed by atoms with van der Waals surface area (Å²) in [5, 5.41) is 7.62. The number of aromatic nitrogens is 3. The summed E-state index contributed by atoms with van der Waals surface area (Å²) in [6.07, 6.45) is 0. The third-order valence-corrected chi connectivity index (χ3v) is 3.95. The highest BCUT2D eigenvalue weighted by molar-refractivity contribution is 7.83. The van der Waals surface area contributed by atoms with E-state index in [1.165, 1.54) is 0 Å². The highest BCUT2D eigenvalue weighted by atomic mass is 32.2. The molecule has 6 nitrogen and oxygen atoms in total. The van der Waals surface area contributed by atoms with Gasteiger partial charge in [0.05, 0.1) is 17.2 Å². The van der Waals surface area contributed by atoms with Gasteiger partial charge in [-0.2, -0.15) is 4.98 Å². The van der Waals surface area contributed by atoms with Gasteiger partial charge < -0.3 is 9.05 Å². The average Bonchev–Trinajstić information content (AvgIpc) is 3.09. The Bertz CT molecular complexity index is 752. The van der Waals surface area contributed by atoms with Crippen LogP contribution in [-0.2, 0) is 22.3 Å². The monoisotopic (exact) mass is 303 g/mol. The first-order valence-electron chi connectivity index (χ1n) is 6.36.